The third-order valence-corrected chi connectivity index (χ3v) is 16.1. The summed E-state index contributed by atoms with van der Waals surface area (Å²) >= 11 is 0. The van der Waals surface area contributed by atoms with E-state index in [0.29, 0.717) is 0 Å². The zero-order chi connectivity index (χ0) is 50.8. The Bertz CT molecular complexity index is 3300. The minimum absolute atomic E-state index is 0.451. The fraction of sp³-hybridized carbons (Fsp3) is 0.290. The number of benzene rings is 4. The molecule has 8 bridgehead atoms. The Kier molecular flexibility index (Phi) is 11.3. The molecule has 2 saturated heterocycles. The van der Waals surface area contributed by atoms with Gasteiger partial charge in [0.2, 0.25) is 0 Å². The number of H-pyrrole nitrogens is 2. The Hall–Kier alpha value is -6.55. The first-order valence-electron chi connectivity index (χ1n) is 25.3. The van der Waals surface area contributed by atoms with Crippen LogP contribution in [0.25, 0.3) is 90.9 Å². The van der Waals surface area contributed by atoms with Crippen LogP contribution in [0.2, 0.25) is 0 Å². The maximum absolute atomic E-state index is 6.49. The zero-order valence-electron chi connectivity index (χ0n) is 44.2. The van der Waals surface area contributed by atoms with Gasteiger partial charge in [-0.2, -0.15) is 0 Å². The van der Waals surface area contributed by atoms with Crippen molar-refractivity contribution in [1.29, 1.82) is 0 Å². The van der Waals surface area contributed by atoms with Gasteiger partial charge in [0.15, 0.2) is 0 Å². The van der Waals surface area contributed by atoms with Crippen LogP contribution >= 0.6 is 0 Å². The van der Waals surface area contributed by atoms with Crippen molar-refractivity contribution >= 4 is 71.5 Å². The molecule has 362 valence electrons. The minimum atomic E-state index is -0.478. The van der Waals surface area contributed by atoms with Gasteiger partial charge in [-0.15, -0.1) is 0 Å². The van der Waals surface area contributed by atoms with E-state index >= 15 is 0 Å². The highest BCUT2D eigenvalue weighted by atomic mass is 16.7. The molecule has 0 amide bonds. The minimum Gasteiger partial charge on any atom is -0.399 e. The first kappa shape index (κ1) is 47.8. The van der Waals surface area contributed by atoms with Crippen LogP contribution in [0.3, 0.4) is 0 Å². The molecule has 0 atom stereocenters. The Morgan fingerprint density at radius 3 is 0.903 bits per heavy atom. The van der Waals surface area contributed by atoms with Gasteiger partial charge in [-0.1, -0.05) is 83.9 Å². The number of aryl methyl sites for hydroxylation is 6. The Labute approximate surface area is 425 Å². The standard InChI is InChI=1S/C62H64B2N4O4/c1-35-31-37(3)53(38(4)32-35)57-49-27-23-45(65-49)55(41-15-19-43(20-16-41)63-69-59(7,8)60(9,10)70-63)47-25-29-51(67-47)58(54-39(5)33-36(2)34-40(54)6)52-30-26-48(68-52)56(46-24-28-50(57)66-46)42-17-21-44(22-18-42)64-71-61(11,12)62(13,14)72-64/h15-34,65,68H,1-14H3. The van der Waals surface area contributed by atoms with Gasteiger partial charge in [-0.3, -0.25) is 0 Å². The largest absolute Gasteiger partial charge is 0.494 e. The fourth-order valence-corrected chi connectivity index (χ4v) is 11.1. The summed E-state index contributed by atoms with van der Waals surface area (Å²) < 4.78 is 26.0. The third kappa shape index (κ3) is 8.04. The van der Waals surface area contributed by atoms with Gasteiger partial charge in [0, 0.05) is 44.3 Å². The second-order valence-electron chi connectivity index (χ2n) is 22.5. The van der Waals surface area contributed by atoms with E-state index in [4.69, 9.17) is 28.6 Å². The molecular weight excluding hydrogens is 886 g/mol. The molecule has 10 heteroatoms. The highest BCUT2D eigenvalue weighted by Crippen LogP contribution is 2.43. The van der Waals surface area contributed by atoms with E-state index in [-0.39, 0.29) is 0 Å². The maximum atomic E-state index is 6.49. The number of nitrogens with zero attached hydrogens (tertiary/aromatic N) is 2. The van der Waals surface area contributed by atoms with Gasteiger partial charge in [0.05, 0.1) is 45.2 Å². The van der Waals surface area contributed by atoms with Crippen molar-refractivity contribution in [1.82, 2.24) is 19.9 Å². The zero-order valence-corrected chi connectivity index (χ0v) is 44.2. The maximum Gasteiger partial charge on any atom is 0.494 e. The molecule has 2 N–H and O–H groups in total. The molecule has 0 spiro atoms. The molecule has 0 radical (unpaired) electrons. The van der Waals surface area contributed by atoms with Gasteiger partial charge in [0.25, 0.3) is 0 Å². The summed E-state index contributed by atoms with van der Waals surface area (Å²) in [6, 6.07) is 35.0. The molecule has 4 aliphatic heterocycles. The van der Waals surface area contributed by atoms with Crippen LogP contribution in [-0.2, 0) is 18.6 Å². The van der Waals surface area contributed by atoms with Crippen LogP contribution in [-0.4, -0.2) is 56.6 Å². The summed E-state index contributed by atoms with van der Waals surface area (Å²) in [6.07, 6.45) is 8.67. The van der Waals surface area contributed by atoms with E-state index in [1.165, 1.54) is 33.4 Å². The molecule has 7 aromatic rings. The van der Waals surface area contributed by atoms with Gasteiger partial charge in [0.1, 0.15) is 0 Å². The van der Waals surface area contributed by atoms with Crippen LogP contribution in [0, 0.1) is 41.5 Å². The van der Waals surface area contributed by atoms with Crippen molar-refractivity contribution in [3.63, 3.8) is 0 Å². The van der Waals surface area contributed by atoms with E-state index in [1.807, 2.05) is 0 Å². The molecule has 0 aliphatic carbocycles. The van der Waals surface area contributed by atoms with E-state index in [2.05, 4.69) is 228 Å². The first-order chi connectivity index (χ1) is 34.1. The van der Waals surface area contributed by atoms with Crippen molar-refractivity contribution in [2.24, 2.45) is 0 Å². The summed E-state index contributed by atoms with van der Waals surface area (Å²) in [7, 11) is -0.955. The van der Waals surface area contributed by atoms with Gasteiger partial charge in [-0.05, 0) is 201 Å². The number of aromatic nitrogens is 4. The third-order valence-electron chi connectivity index (χ3n) is 16.1. The lowest BCUT2D eigenvalue weighted by molar-refractivity contribution is 0.00578. The van der Waals surface area contributed by atoms with Crippen LogP contribution < -0.4 is 10.9 Å². The lowest BCUT2D eigenvalue weighted by Gasteiger charge is -2.32. The molecule has 4 aromatic carbocycles. The fourth-order valence-electron chi connectivity index (χ4n) is 11.1. The second kappa shape index (κ2) is 17.0. The van der Waals surface area contributed by atoms with E-state index < -0.39 is 36.6 Å². The predicted octanol–water partition coefficient (Wildman–Crippen LogP) is 13.8. The van der Waals surface area contributed by atoms with Crippen molar-refractivity contribution in [2.45, 2.75) is 119 Å². The molecule has 7 heterocycles. The van der Waals surface area contributed by atoms with E-state index in [9.17, 15) is 0 Å². The molecule has 72 heavy (non-hydrogen) atoms. The molecule has 4 aliphatic rings. The summed E-state index contributed by atoms with van der Waals surface area (Å²) in [5.41, 5.74) is 22.9. The average Bonchev–Trinajstić information content (AvgIpc) is 4.18. The Morgan fingerprint density at radius 1 is 0.347 bits per heavy atom. The Balaban J connectivity index is 1.21. The monoisotopic (exact) mass is 951 g/mol. The molecule has 2 fully saturated rings. The summed E-state index contributed by atoms with van der Waals surface area (Å²) in [6.45, 7) is 29.9. The van der Waals surface area contributed by atoms with Crippen molar-refractivity contribution in [3.05, 3.63) is 153 Å². The molecule has 8 nitrogen and oxygen atoms in total. The highest BCUT2D eigenvalue weighted by molar-refractivity contribution is 6.62. The van der Waals surface area contributed by atoms with Crippen LogP contribution in [0.15, 0.2) is 97.1 Å². The number of fused-ring (bicyclic) bond motifs is 8. The van der Waals surface area contributed by atoms with Gasteiger partial charge >= 0.3 is 14.2 Å². The molecule has 3 aromatic heterocycles. The summed E-state index contributed by atoms with van der Waals surface area (Å²) in [5.74, 6) is 0. The van der Waals surface area contributed by atoms with Crippen LogP contribution in [0.4, 0.5) is 0 Å². The average molecular weight is 951 g/mol. The SMILES string of the molecule is Cc1cc(C)c(-c2c3nc(c(-c4ccc(B5OC(C)(C)C(C)(C)O5)cc4)c4ccc([nH]4)c(-c4c(C)cc(C)cc4C)c4nc(c(-c5ccc(B6OC(C)(C)C(C)(C)O6)cc5)c5ccc2[nH]5)C=C4)C=C3)c(C)c1. The molecule has 11 rings (SSSR count). The van der Waals surface area contributed by atoms with Crippen molar-refractivity contribution < 1.29 is 18.6 Å². The molecule has 0 saturated carbocycles. The number of rotatable bonds is 6. The van der Waals surface area contributed by atoms with Crippen molar-refractivity contribution in [3.8, 4) is 44.5 Å². The lowest BCUT2D eigenvalue weighted by Crippen LogP contribution is -2.41. The lowest BCUT2D eigenvalue weighted by atomic mass is 9.78. The van der Waals surface area contributed by atoms with Gasteiger partial charge in [-0.25, -0.2) is 9.97 Å². The summed E-state index contributed by atoms with van der Waals surface area (Å²) in [4.78, 5) is 19.2. The quantitative estimate of drug-likeness (QED) is 0.161. The number of hydrogen-bond donors (Lipinski definition) is 2. The van der Waals surface area contributed by atoms with E-state index in [0.717, 1.165) is 100 Å². The first-order valence-corrected chi connectivity index (χ1v) is 25.3. The smallest absolute Gasteiger partial charge is 0.399 e. The second-order valence-corrected chi connectivity index (χ2v) is 22.5. The normalized spacial score (nSPS) is 17.4. The molecule has 0 unspecified atom stereocenters. The predicted molar refractivity (Wildman–Crippen MR) is 300 cm³/mol. The number of nitrogens with one attached hydrogen (secondary N) is 2. The number of hydrogen-bond acceptors (Lipinski definition) is 6. The number of aromatic amines is 2. The van der Waals surface area contributed by atoms with Gasteiger partial charge < -0.3 is 28.6 Å². The van der Waals surface area contributed by atoms with Crippen LogP contribution in [0.5, 0.6) is 0 Å². The van der Waals surface area contributed by atoms with Crippen LogP contribution in [0.1, 0.15) is 112 Å². The summed E-state index contributed by atoms with van der Waals surface area (Å²) in [5, 5.41) is 0. The highest BCUT2D eigenvalue weighted by Gasteiger charge is 2.52. The Morgan fingerprint density at radius 2 is 0.611 bits per heavy atom. The van der Waals surface area contributed by atoms with E-state index in [1.54, 1.807) is 0 Å². The topological polar surface area (TPSA) is 94.3 Å². The molecular formula is C62H64B2N4O4. The van der Waals surface area contributed by atoms with Crippen molar-refractivity contribution in [2.75, 3.05) is 0 Å².